The molecule has 23 heavy (non-hydrogen) atoms. The molecule has 0 aliphatic rings. The van der Waals surface area contributed by atoms with Gasteiger partial charge in [-0.25, -0.2) is 4.98 Å². The number of aromatic nitrogens is 2. The number of carbonyl (C=O) groups excluding carboxylic acids is 1. The number of anilines is 1. The van der Waals surface area contributed by atoms with Crippen LogP contribution in [0.4, 0.5) is 5.69 Å². The summed E-state index contributed by atoms with van der Waals surface area (Å²) in [7, 11) is 0. The van der Waals surface area contributed by atoms with Gasteiger partial charge in [0.1, 0.15) is 11.3 Å². The highest BCUT2D eigenvalue weighted by molar-refractivity contribution is 6.04. The van der Waals surface area contributed by atoms with Crippen LogP contribution in [0, 0.1) is 20.8 Å². The topological polar surface area (TPSA) is 63.5 Å². The van der Waals surface area contributed by atoms with E-state index in [1.807, 2.05) is 26.0 Å². The zero-order valence-corrected chi connectivity index (χ0v) is 13.3. The van der Waals surface area contributed by atoms with Crippen molar-refractivity contribution in [2.45, 2.75) is 20.8 Å². The Morgan fingerprint density at radius 3 is 2.48 bits per heavy atom. The van der Waals surface area contributed by atoms with Gasteiger partial charge in [0.25, 0.3) is 11.5 Å². The molecule has 0 atom stereocenters. The molecule has 1 aromatic carbocycles. The number of aryl methyl sites for hydroxylation is 3. The molecule has 0 bridgehead atoms. The minimum absolute atomic E-state index is 0.206. The van der Waals surface area contributed by atoms with Crippen LogP contribution in [0.5, 0.6) is 0 Å². The molecule has 1 N–H and O–H groups in total. The maximum atomic E-state index is 12.6. The van der Waals surface area contributed by atoms with E-state index in [0.717, 1.165) is 11.1 Å². The van der Waals surface area contributed by atoms with Gasteiger partial charge in [-0.15, -0.1) is 0 Å². The Kier molecular flexibility index (Phi) is 3.70. The molecule has 0 fully saturated rings. The summed E-state index contributed by atoms with van der Waals surface area (Å²) in [6.07, 6.45) is 1.64. The molecule has 0 aliphatic heterocycles. The largest absolute Gasteiger partial charge is 0.316 e. The van der Waals surface area contributed by atoms with Crippen LogP contribution < -0.4 is 10.9 Å². The lowest BCUT2D eigenvalue weighted by Gasteiger charge is -2.10. The van der Waals surface area contributed by atoms with E-state index >= 15 is 0 Å². The number of pyridine rings is 1. The number of hydrogen-bond donors (Lipinski definition) is 1. The Bertz CT molecular complexity index is 953. The van der Waals surface area contributed by atoms with Crippen LogP contribution in [0.2, 0.25) is 0 Å². The lowest BCUT2D eigenvalue weighted by molar-refractivity contribution is 0.102. The molecule has 2 heterocycles. The van der Waals surface area contributed by atoms with Crippen molar-refractivity contribution in [2.75, 3.05) is 5.32 Å². The first-order chi connectivity index (χ1) is 11.0. The van der Waals surface area contributed by atoms with Crippen molar-refractivity contribution in [3.05, 3.63) is 75.3 Å². The number of benzene rings is 1. The number of rotatable bonds is 2. The number of hydrogen-bond acceptors (Lipinski definition) is 3. The van der Waals surface area contributed by atoms with Crippen molar-refractivity contribution in [3.63, 3.8) is 0 Å². The minimum atomic E-state index is -0.310. The predicted molar refractivity (Wildman–Crippen MR) is 90.1 cm³/mol. The molecule has 0 unspecified atom stereocenters. The Hall–Kier alpha value is -2.95. The summed E-state index contributed by atoms with van der Waals surface area (Å²) in [5.41, 5.74) is 3.50. The van der Waals surface area contributed by atoms with E-state index < -0.39 is 0 Å². The van der Waals surface area contributed by atoms with Gasteiger partial charge in [0, 0.05) is 11.8 Å². The van der Waals surface area contributed by atoms with E-state index in [1.54, 1.807) is 37.4 Å². The van der Waals surface area contributed by atoms with E-state index in [0.29, 0.717) is 16.9 Å². The van der Waals surface area contributed by atoms with Crippen molar-refractivity contribution < 1.29 is 4.79 Å². The van der Waals surface area contributed by atoms with Gasteiger partial charge < -0.3 is 5.32 Å². The van der Waals surface area contributed by atoms with Gasteiger partial charge in [0.2, 0.25) is 0 Å². The van der Waals surface area contributed by atoms with Crippen LogP contribution >= 0.6 is 0 Å². The zero-order valence-electron chi connectivity index (χ0n) is 13.3. The number of nitrogens with one attached hydrogen (secondary N) is 1. The molecule has 3 aromatic rings. The van der Waals surface area contributed by atoms with Crippen molar-refractivity contribution >= 4 is 17.2 Å². The highest BCUT2D eigenvalue weighted by Crippen LogP contribution is 2.13. The predicted octanol–water partition coefficient (Wildman–Crippen LogP) is 2.87. The monoisotopic (exact) mass is 307 g/mol. The fraction of sp³-hybridized carbons (Fsp3) is 0.167. The average Bonchev–Trinajstić information content (AvgIpc) is 2.50. The van der Waals surface area contributed by atoms with Crippen LogP contribution in [0.25, 0.3) is 5.65 Å². The van der Waals surface area contributed by atoms with Crippen LogP contribution in [0.1, 0.15) is 27.2 Å². The third-order valence-corrected chi connectivity index (χ3v) is 3.64. The van der Waals surface area contributed by atoms with Crippen LogP contribution in [0.3, 0.4) is 0 Å². The maximum Gasteiger partial charge on any atom is 0.281 e. The molecule has 5 nitrogen and oxygen atoms in total. The molecule has 116 valence electrons. The quantitative estimate of drug-likeness (QED) is 0.792. The van der Waals surface area contributed by atoms with Gasteiger partial charge in [-0.05, 0) is 45.0 Å². The van der Waals surface area contributed by atoms with Gasteiger partial charge in [-0.2, -0.15) is 0 Å². The molecule has 2 aromatic heterocycles. The summed E-state index contributed by atoms with van der Waals surface area (Å²) in [6.45, 7) is 5.58. The van der Waals surface area contributed by atoms with Gasteiger partial charge in [0.15, 0.2) is 0 Å². The maximum absolute atomic E-state index is 12.6. The number of carbonyl (C=O) groups is 1. The van der Waals surface area contributed by atoms with E-state index in [4.69, 9.17) is 0 Å². The first-order valence-electron chi connectivity index (χ1n) is 7.33. The number of nitrogens with zero attached hydrogens (tertiary/aromatic N) is 2. The van der Waals surface area contributed by atoms with Crippen molar-refractivity contribution in [2.24, 2.45) is 0 Å². The summed E-state index contributed by atoms with van der Waals surface area (Å²) in [5, 5.41) is 2.71. The van der Waals surface area contributed by atoms with E-state index in [9.17, 15) is 9.59 Å². The van der Waals surface area contributed by atoms with E-state index in [-0.39, 0.29) is 17.2 Å². The fourth-order valence-corrected chi connectivity index (χ4v) is 2.64. The molecule has 0 radical (unpaired) electrons. The minimum Gasteiger partial charge on any atom is -0.316 e. The fourth-order valence-electron chi connectivity index (χ4n) is 2.64. The molecular weight excluding hydrogens is 290 g/mol. The molecule has 0 aliphatic carbocycles. The standard InChI is InChI=1S/C18H17N3O2/c1-11-8-12(2)10-14(9-11)17(22)20-16-13(3)19-15-6-4-5-7-21(15)18(16)23/h4-10H,1-3H3,(H,20,22). The molecule has 5 heteroatoms. The number of amides is 1. The third-order valence-electron chi connectivity index (χ3n) is 3.64. The van der Waals surface area contributed by atoms with Crippen LogP contribution in [-0.2, 0) is 0 Å². The van der Waals surface area contributed by atoms with E-state index in [2.05, 4.69) is 10.3 Å². The molecule has 0 saturated carbocycles. The lowest BCUT2D eigenvalue weighted by atomic mass is 10.1. The second-order valence-electron chi connectivity index (χ2n) is 5.64. The Morgan fingerprint density at radius 1 is 1.09 bits per heavy atom. The van der Waals surface area contributed by atoms with Gasteiger partial charge in [-0.1, -0.05) is 23.3 Å². The van der Waals surface area contributed by atoms with Gasteiger partial charge >= 0.3 is 0 Å². The van der Waals surface area contributed by atoms with Crippen LogP contribution in [0.15, 0.2) is 47.4 Å². The van der Waals surface area contributed by atoms with Gasteiger partial charge in [0.05, 0.1) is 5.69 Å². The normalized spacial score (nSPS) is 10.7. The van der Waals surface area contributed by atoms with Crippen molar-refractivity contribution in [1.82, 2.24) is 9.38 Å². The number of fused-ring (bicyclic) bond motifs is 1. The second kappa shape index (κ2) is 5.68. The third kappa shape index (κ3) is 2.85. The average molecular weight is 307 g/mol. The Morgan fingerprint density at radius 2 is 1.78 bits per heavy atom. The lowest BCUT2D eigenvalue weighted by Crippen LogP contribution is -2.25. The first kappa shape index (κ1) is 15.0. The smallest absolute Gasteiger partial charge is 0.281 e. The summed E-state index contributed by atoms with van der Waals surface area (Å²) in [6, 6.07) is 10.9. The molecular formula is C18H17N3O2. The highest BCUT2D eigenvalue weighted by Gasteiger charge is 2.14. The van der Waals surface area contributed by atoms with Crippen LogP contribution in [-0.4, -0.2) is 15.3 Å². The Balaban J connectivity index is 2.04. The first-order valence-corrected chi connectivity index (χ1v) is 7.33. The summed E-state index contributed by atoms with van der Waals surface area (Å²) >= 11 is 0. The second-order valence-corrected chi connectivity index (χ2v) is 5.64. The van der Waals surface area contributed by atoms with Gasteiger partial charge in [-0.3, -0.25) is 14.0 Å². The van der Waals surface area contributed by atoms with Crippen molar-refractivity contribution in [3.8, 4) is 0 Å². The van der Waals surface area contributed by atoms with E-state index in [1.165, 1.54) is 4.40 Å². The zero-order chi connectivity index (χ0) is 16.6. The Labute approximate surface area is 133 Å². The molecule has 0 saturated heterocycles. The molecule has 0 spiro atoms. The highest BCUT2D eigenvalue weighted by atomic mass is 16.2. The summed E-state index contributed by atoms with van der Waals surface area (Å²) in [5.74, 6) is -0.310. The summed E-state index contributed by atoms with van der Waals surface area (Å²) < 4.78 is 1.42. The molecule has 3 rings (SSSR count). The van der Waals surface area contributed by atoms with Crippen molar-refractivity contribution in [1.29, 1.82) is 0 Å². The molecule has 1 amide bonds. The summed E-state index contributed by atoms with van der Waals surface area (Å²) in [4.78, 5) is 29.4. The SMILES string of the molecule is Cc1cc(C)cc(C(=O)Nc2c(C)nc3ccccn3c2=O)c1.